The summed E-state index contributed by atoms with van der Waals surface area (Å²) >= 11 is 0. The van der Waals surface area contributed by atoms with Gasteiger partial charge in [-0.2, -0.15) is 0 Å². The first-order valence-electron chi connectivity index (χ1n) is 6.91. The zero-order valence-corrected chi connectivity index (χ0v) is 12.6. The van der Waals surface area contributed by atoms with Crippen molar-refractivity contribution in [1.29, 1.82) is 0 Å². The highest BCUT2D eigenvalue weighted by Crippen LogP contribution is 2.19. The number of rotatable bonds is 5. The number of hydrogen-bond acceptors (Lipinski definition) is 6. The Balaban J connectivity index is 1.87. The molecule has 3 rings (SSSR count). The van der Waals surface area contributed by atoms with Gasteiger partial charge in [-0.1, -0.05) is 0 Å². The van der Waals surface area contributed by atoms with Crippen LogP contribution in [0.25, 0.3) is 11.2 Å². The number of carboxylic acid groups (broad SMARTS) is 1. The van der Waals surface area contributed by atoms with Crippen LogP contribution in [-0.2, 0) is 11.3 Å². The van der Waals surface area contributed by atoms with Crippen molar-refractivity contribution in [3.63, 3.8) is 0 Å². The topological polar surface area (TPSA) is 119 Å². The maximum Gasteiger partial charge on any atom is 0.323 e. The van der Waals surface area contributed by atoms with Crippen LogP contribution < -0.4 is 10.1 Å². The van der Waals surface area contributed by atoms with Crippen LogP contribution in [0.2, 0.25) is 0 Å². The minimum absolute atomic E-state index is 0.213. The number of benzene rings is 1. The van der Waals surface area contributed by atoms with E-state index >= 15 is 0 Å². The Bertz CT molecular complexity index is 904. The molecule has 3 aromatic rings. The van der Waals surface area contributed by atoms with Crippen LogP contribution in [-0.4, -0.2) is 43.6 Å². The van der Waals surface area contributed by atoms with Crippen molar-refractivity contribution in [2.24, 2.45) is 0 Å². The van der Waals surface area contributed by atoms with Crippen LogP contribution in [0.5, 0.6) is 5.75 Å². The van der Waals surface area contributed by atoms with Crippen molar-refractivity contribution in [1.82, 2.24) is 19.5 Å². The number of methoxy groups -OCH3 is 1. The third-order valence-corrected chi connectivity index (χ3v) is 3.29. The first-order valence-corrected chi connectivity index (χ1v) is 6.91. The number of nitrogens with zero attached hydrogens (tertiary/aromatic N) is 4. The molecule has 122 valence electrons. The molecule has 9 heteroatoms. The molecule has 0 aliphatic carbocycles. The number of fused-ring (bicyclic) bond motifs is 1. The van der Waals surface area contributed by atoms with Gasteiger partial charge in [-0.25, -0.2) is 15.0 Å². The second-order valence-corrected chi connectivity index (χ2v) is 4.84. The minimum atomic E-state index is -1.02. The molecule has 0 fully saturated rings. The second kappa shape index (κ2) is 6.32. The lowest BCUT2D eigenvalue weighted by molar-refractivity contribution is -0.137. The third-order valence-electron chi connectivity index (χ3n) is 3.29. The van der Waals surface area contributed by atoms with E-state index in [0.29, 0.717) is 22.5 Å². The summed E-state index contributed by atoms with van der Waals surface area (Å²) in [6.07, 6.45) is 2.59. The molecule has 0 spiro atoms. The zero-order valence-electron chi connectivity index (χ0n) is 12.6. The van der Waals surface area contributed by atoms with E-state index in [2.05, 4.69) is 20.3 Å². The lowest BCUT2D eigenvalue weighted by Gasteiger charge is -2.06. The number of imidazole rings is 1. The third kappa shape index (κ3) is 3.00. The van der Waals surface area contributed by atoms with E-state index in [-0.39, 0.29) is 18.3 Å². The van der Waals surface area contributed by atoms with Gasteiger partial charge in [0.25, 0.3) is 5.91 Å². The van der Waals surface area contributed by atoms with Gasteiger partial charge in [0.2, 0.25) is 0 Å². The summed E-state index contributed by atoms with van der Waals surface area (Å²) in [6, 6.07) is 6.59. The summed E-state index contributed by atoms with van der Waals surface area (Å²) in [5.74, 6) is -0.532. The molecule has 2 heterocycles. The Hall–Kier alpha value is -3.49. The fourth-order valence-corrected chi connectivity index (χ4v) is 2.16. The lowest BCUT2D eigenvalue weighted by Crippen LogP contribution is -2.14. The van der Waals surface area contributed by atoms with Gasteiger partial charge in [-0.05, 0) is 24.3 Å². The Morgan fingerprint density at radius 2 is 1.96 bits per heavy atom. The quantitative estimate of drug-likeness (QED) is 0.722. The monoisotopic (exact) mass is 327 g/mol. The van der Waals surface area contributed by atoms with Crippen molar-refractivity contribution in [3.05, 3.63) is 42.5 Å². The molecule has 0 radical (unpaired) electrons. The highest BCUT2D eigenvalue weighted by molar-refractivity contribution is 6.06. The first kappa shape index (κ1) is 15.4. The number of aliphatic carboxylic acids is 1. The van der Waals surface area contributed by atoms with Crippen molar-refractivity contribution < 1.29 is 19.4 Å². The molecule has 0 aliphatic heterocycles. The smallest absolute Gasteiger partial charge is 0.323 e. The Morgan fingerprint density at radius 3 is 2.62 bits per heavy atom. The van der Waals surface area contributed by atoms with E-state index in [1.807, 2.05) is 0 Å². The van der Waals surface area contributed by atoms with E-state index < -0.39 is 5.97 Å². The summed E-state index contributed by atoms with van der Waals surface area (Å²) in [5, 5.41) is 11.5. The van der Waals surface area contributed by atoms with Gasteiger partial charge < -0.3 is 19.7 Å². The van der Waals surface area contributed by atoms with Crippen molar-refractivity contribution in [2.45, 2.75) is 6.54 Å². The molecule has 1 amide bonds. The van der Waals surface area contributed by atoms with E-state index in [1.165, 1.54) is 17.2 Å². The second-order valence-electron chi connectivity index (χ2n) is 4.84. The molecule has 9 nitrogen and oxygen atoms in total. The normalized spacial score (nSPS) is 10.5. The predicted molar refractivity (Wildman–Crippen MR) is 83.9 cm³/mol. The van der Waals surface area contributed by atoms with Crippen molar-refractivity contribution in [2.75, 3.05) is 12.4 Å². The lowest BCUT2D eigenvalue weighted by atomic mass is 10.2. The van der Waals surface area contributed by atoms with E-state index in [1.54, 1.807) is 31.4 Å². The summed E-state index contributed by atoms with van der Waals surface area (Å²) in [5.41, 5.74) is 1.07. The minimum Gasteiger partial charge on any atom is -0.497 e. The SMILES string of the molecule is COc1ccc(C(=O)Nc2ncnc3c2ncn3CC(=O)O)cc1. The summed E-state index contributed by atoms with van der Waals surface area (Å²) in [6.45, 7) is -0.278. The van der Waals surface area contributed by atoms with Gasteiger partial charge in [0, 0.05) is 5.56 Å². The highest BCUT2D eigenvalue weighted by atomic mass is 16.5. The van der Waals surface area contributed by atoms with Crippen LogP contribution >= 0.6 is 0 Å². The highest BCUT2D eigenvalue weighted by Gasteiger charge is 2.14. The molecule has 0 saturated heterocycles. The Morgan fingerprint density at radius 1 is 1.21 bits per heavy atom. The number of carboxylic acids is 1. The van der Waals surface area contributed by atoms with Crippen LogP contribution in [0.15, 0.2) is 36.9 Å². The fourth-order valence-electron chi connectivity index (χ4n) is 2.16. The summed E-state index contributed by atoms with van der Waals surface area (Å²) < 4.78 is 6.41. The van der Waals surface area contributed by atoms with E-state index in [0.717, 1.165) is 0 Å². The summed E-state index contributed by atoms with van der Waals surface area (Å²) in [7, 11) is 1.54. The molecule has 2 aromatic heterocycles. The molecular formula is C15H13N5O4. The number of carbonyl (C=O) groups excluding carboxylic acids is 1. The number of ether oxygens (including phenoxy) is 1. The van der Waals surface area contributed by atoms with Gasteiger partial charge >= 0.3 is 5.97 Å². The molecule has 1 aromatic carbocycles. The molecular weight excluding hydrogens is 314 g/mol. The number of amides is 1. The number of anilines is 1. The zero-order chi connectivity index (χ0) is 17.1. The van der Waals surface area contributed by atoms with Crippen molar-refractivity contribution in [3.8, 4) is 5.75 Å². The maximum atomic E-state index is 12.3. The molecule has 24 heavy (non-hydrogen) atoms. The van der Waals surface area contributed by atoms with Gasteiger partial charge in [0.1, 0.15) is 18.6 Å². The summed E-state index contributed by atoms with van der Waals surface area (Å²) in [4.78, 5) is 35.2. The molecule has 0 atom stereocenters. The van der Waals surface area contributed by atoms with Gasteiger partial charge in [-0.15, -0.1) is 0 Å². The van der Waals surface area contributed by atoms with Gasteiger partial charge in [0.15, 0.2) is 17.0 Å². The molecule has 0 aliphatic rings. The Labute approximate surface area is 135 Å². The molecule has 2 N–H and O–H groups in total. The molecule has 0 bridgehead atoms. The number of carbonyl (C=O) groups is 2. The van der Waals surface area contributed by atoms with E-state index in [9.17, 15) is 9.59 Å². The maximum absolute atomic E-state index is 12.3. The van der Waals surface area contributed by atoms with Crippen LogP contribution in [0, 0.1) is 0 Å². The average Bonchev–Trinajstić information content (AvgIpc) is 2.98. The largest absolute Gasteiger partial charge is 0.497 e. The molecule has 0 unspecified atom stereocenters. The van der Waals surface area contributed by atoms with Gasteiger partial charge in [0.05, 0.1) is 13.4 Å². The van der Waals surface area contributed by atoms with Crippen molar-refractivity contribution >= 4 is 28.9 Å². The fraction of sp³-hybridized carbons (Fsp3) is 0.133. The number of hydrogen-bond donors (Lipinski definition) is 2. The standard InChI is InChI=1S/C15H13N5O4/c1-24-10-4-2-9(3-5-10)15(23)19-13-12-14(17-7-16-13)20(8-18-12)6-11(21)22/h2-5,7-8H,6H2,1H3,(H,21,22)(H,16,17,19,23). The van der Waals surface area contributed by atoms with Crippen LogP contribution in [0.1, 0.15) is 10.4 Å². The average molecular weight is 327 g/mol. The van der Waals surface area contributed by atoms with Crippen LogP contribution in [0.4, 0.5) is 5.82 Å². The van der Waals surface area contributed by atoms with Crippen LogP contribution in [0.3, 0.4) is 0 Å². The molecule has 0 saturated carbocycles. The van der Waals surface area contributed by atoms with E-state index in [4.69, 9.17) is 9.84 Å². The first-order chi connectivity index (χ1) is 11.6. The number of nitrogens with one attached hydrogen (secondary N) is 1. The van der Waals surface area contributed by atoms with Gasteiger partial charge in [-0.3, -0.25) is 9.59 Å². The predicted octanol–water partition coefficient (Wildman–Crippen LogP) is 1.17. The number of aromatic nitrogens is 4. The Kier molecular flexibility index (Phi) is 4.06.